The summed E-state index contributed by atoms with van der Waals surface area (Å²) in [6.07, 6.45) is 0.927. The maximum Gasteiger partial charge on any atom is 0.241 e. The topological polar surface area (TPSA) is 47.3 Å². The standard InChI is InChI=1S/C16H23N3OS/c1-5-10-19(12-16(20)18(3)4)14-8-7-9-15(21-6-2)13(14)11-17/h7-9H,5-6,10,12H2,1-4H3. The quantitative estimate of drug-likeness (QED) is 0.727. The first-order valence-corrected chi connectivity index (χ1v) is 8.14. The largest absolute Gasteiger partial charge is 0.361 e. The van der Waals surface area contributed by atoms with Crippen molar-refractivity contribution >= 4 is 23.4 Å². The van der Waals surface area contributed by atoms with Gasteiger partial charge in [-0.2, -0.15) is 5.26 Å². The van der Waals surface area contributed by atoms with Crippen molar-refractivity contribution in [1.82, 2.24) is 4.90 Å². The summed E-state index contributed by atoms with van der Waals surface area (Å²) in [4.78, 5) is 16.6. The average molecular weight is 305 g/mol. The van der Waals surface area contributed by atoms with E-state index in [1.165, 1.54) is 0 Å². The fourth-order valence-electron chi connectivity index (χ4n) is 2.03. The molecule has 0 saturated heterocycles. The first-order chi connectivity index (χ1) is 10.0. The Bertz CT molecular complexity index is 523. The van der Waals surface area contributed by atoms with Crippen LogP contribution in [0.15, 0.2) is 23.1 Å². The zero-order valence-electron chi connectivity index (χ0n) is 13.2. The van der Waals surface area contributed by atoms with Crippen molar-refractivity contribution in [3.63, 3.8) is 0 Å². The Morgan fingerprint density at radius 3 is 2.57 bits per heavy atom. The van der Waals surface area contributed by atoms with Gasteiger partial charge in [-0.25, -0.2) is 0 Å². The molecule has 0 spiro atoms. The molecule has 0 aliphatic carbocycles. The van der Waals surface area contributed by atoms with E-state index in [4.69, 9.17) is 0 Å². The van der Waals surface area contributed by atoms with Gasteiger partial charge < -0.3 is 9.80 Å². The lowest BCUT2D eigenvalue weighted by Crippen LogP contribution is -2.37. The minimum Gasteiger partial charge on any atom is -0.361 e. The van der Waals surface area contributed by atoms with Crippen LogP contribution in [-0.2, 0) is 4.79 Å². The first kappa shape index (κ1) is 17.4. The molecule has 0 aromatic heterocycles. The molecule has 0 bridgehead atoms. The van der Waals surface area contributed by atoms with E-state index >= 15 is 0 Å². The number of benzene rings is 1. The highest BCUT2D eigenvalue weighted by Gasteiger charge is 2.17. The number of carbonyl (C=O) groups is 1. The number of amides is 1. The second kappa shape index (κ2) is 8.58. The van der Waals surface area contributed by atoms with Crippen LogP contribution < -0.4 is 4.90 Å². The van der Waals surface area contributed by atoms with Gasteiger partial charge >= 0.3 is 0 Å². The molecule has 1 aromatic rings. The monoisotopic (exact) mass is 305 g/mol. The molecule has 0 saturated carbocycles. The molecule has 0 fully saturated rings. The summed E-state index contributed by atoms with van der Waals surface area (Å²) in [7, 11) is 3.50. The van der Waals surface area contributed by atoms with Crippen molar-refractivity contribution < 1.29 is 4.79 Å². The van der Waals surface area contributed by atoms with Crippen LogP contribution in [0.1, 0.15) is 25.8 Å². The van der Waals surface area contributed by atoms with Gasteiger partial charge in [0.05, 0.1) is 17.8 Å². The molecule has 0 atom stereocenters. The number of hydrogen-bond acceptors (Lipinski definition) is 4. The lowest BCUT2D eigenvalue weighted by Gasteiger charge is -2.26. The van der Waals surface area contributed by atoms with Gasteiger partial charge in [-0.05, 0) is 24.3 Å². The van der Waals surface area contributed by atoms with Crippen LogP contribution in [0.5, 0.6) is 0 Å². The predicted molar refractivity (Wildman–Crippen MR) is 88.8 cm³/mol. The third kappa shape index (κ3) is 4.68. The average Bonchev–Trinajstić information content (AvgIpc) is 2.46. The molecule has 0 aliphatic rings. The van der Waals surface area contributed by atoms with Crippen molar-refractivity contribution in [2.45, 2.75) is 25.2 Å². The van der Waals surface area contributed by atoms with Crippen molar-refractivity contribution in [2.75, 3.05) is 37.8 Å². The van der Waals surface area contributed by atoms with Crippen molar-refractivity contribution in [3.05, 3.63) is 23.8 Å². The number of hydrogen-bond donors (Lipinski definition) is 0. The van der Waals surface area contributed by atoms with Crippen LogP contribution in [0.4, 0.5) is 5.69 Å². The number of nitriles is 1. The summed E-state index contributed by atoms with van der Waals surface area (Å²) in [6, 6.07) is 8.15. The van der Waals surface area contributed by atoms with Gasteiger partial charge in [0.2, 0.25) is 5.91 Å². The molecular weight excluding hydrogens is 282 g/mol. The van der Waals surface area contributed by atoms with Gasteiger partial charge in [0, 0.05) is 25.5 Å². The van der Waals surface area contributed by atoms with E-state index in [1.807, 2.05) is 23.1 Å². The fourth-order valence-corrected chi connectivity index (χ4v) is 2.81. The highest BCUT2D eigenvalue weighted by Crippen LogP contribution is 2.30. The molecule has 4 nitrogen and oxygen atoms in total. The van der Waals surface area contributed by atoms with Crippen LogP contribution >= 0.6 is 11.8 Å². The minimum atomic E-state index is 0.0425. The molecule has 0 N–H and O–H groups in total. The molecule has 1 aromatic carbocycles. The van der Waals surface area contributed by atoms with Gasteiger partial charge in [0.1, 0.15) is 6.07 Å². The molecule has 1 amide bonds. The van der Waals surface area contributed by atoms with Crippen LogP contribution in [0.2, 0.25) is 0 Å². The first-order valence-electron chi connectivity index (χ1n) is 7.16. The zero-order chi connectivity index (χ0) is 15.8. The molecule has 1 rings (SSSR count). The molecule has 114 valence electrons. The smallest absolute Gasteiger partial charge is 0.241 e. The lowest BCUT2D eigenvalue weighted by atomic mass is 10.1. The van der Waals surface area contributed by atoms with Crippen molar-refractivity contribution in [2.24, 2.45) is 0 Å². The Balaban J connectivity index is 3.16. The van der Waals surface area contributed by atoms with Crippen molar-refractivity contribution in [1.29, 1.82) is 5.26 Å². The van der Waals surface area contributed by atoms with E-state index in [9.17, 15) is 10.1 Å². The molecule has 0 radical (unpaired) electrons. The summed E-state index contributed by atoms with van der Waals surface area (Å²) in [5.74, 6) is 0.962. The second-order valence-electron chi connectivity index (χ2n) is 4.90. The van der Waals surface area contributed by atoms with Crippen LogP contribution in [0.25, 0.3) is 0 Å². The number of carbonyl (C=O) groups excluding carboxylic acids is 1. The second-order valence-corrected chi connectivity index (χ2v) is 6.21. The number of rotatable bonds is 7. The van der Waals surface area contributed by atoms with E-state index < -0.39 is 0 Å². The van der Waals surface area contributed by atoms with Crippen LogP contribution in [-0.4, -0.2) is 43.7 Å². The Hall–Kier alpha value is -1.67. The summed E-state index contributed by atoms with van der Waals surface area (Å²) < 4.78 is 0. The fraction of sp³-hybridized carbons (Fsp3) is 0.500. The van der Waals surface area contributed by atoms with Crippen molar-refractivity contribution in [3.8, 4) is 6.07 Å². The van der Waals surface area contributed by atoms with Gasteiger partial charge in [0.25, 0.3) is 0 Å². The molecule has 0 unspecified atom stereocenters. The Labute approximate surface area is 131 Å². The van der Waals surface area contributed by atoms with E-state index in [0.29, 0.717) is 12.1 Å². The number of likely N-dealkylation sites (N-methyl/N-ethyl adjacent to an activating group) is 1. The number of thioether (sulfide) groups is 1. The zero-order valence-corrected chi connectivity index (χ0v) is 14.0. The van der Waals surface area contributed by atoms with Gasteiger partial charge in [-0.1, -0.05) is 19.9 Å². The summed E-state index contributed by atoms with van der Waals surface area (Å²) in [5, 5.41) is 9.50. The highest BCUT2D eigenvalue weighted by molar-refractivity contribution is 7.99. The highest BCUT2D eigenvalue weighted by atomic mass is 32.2. The maximum absolute atomic E-state index is 12.0. The molecule has 21 heavy (non-hydrogen) atoms. The van der Waals surface area contributed by atoms with Gasteiger partial charge in [-0.15, -0.1) is 11.8 Å². The maximum atomic E-state index is 12.0. The van der Waals surface area contributed by atoms with Gasteiger partial charge in [-0.3, -0.25) is 4.79 Å². The SMILES string of the molecule is CCCN(CC(=O)N(C)C)c1cccc(SCC)c1C#N. The predicted octanol–water partition coefficient (Wildman–Crippen LogP) is 2.97. The minimum absolute atomic E-state index is 0.0425. The molecule has 5 heteroatoms. The molecule has 0 heterocycles. The van der Waals surface area contributed by atoms with E-state index in [0.717, 1.165) is 29.3 Å². The summed E-state index contributed by atoms with van der Waals surface area (Å²) in [5.41, 5.74) is 1.53. The lowest BCUT2D eigenvalue weighted by molar-refractivity contribution is -0.127. The van der Waals surface area contributed by atoms with E-state index in [2.05, 4.69) is 19.9 Å². The van der Waals surface area contributed by atoms with E-state index in [-0.39, 0.29) is 5.91 Å². The van der Waals surface area contributed by atoms with Crippen LogP contribution in [0.3, 0.4) is 0 Å². The summed E-state index contributed by atoms with van der Waals surface area (Å²) in [6.45, 7) is 5.20. The van der Waals surface area contributed by atoms with Crippen LogP contribution in [0, 0.1) is 11.3 Å². The Kier molecular flexibility index (Phi) is 7.10. The number of anilines is 1. The van der Waals surface area contributed by atoms with E-state index in [1.54, 1.807) is 30.8 Å². The Morgan fingerprint density at radius 2 is 2.05 bits per heavy atom. The normalized spacial score (nSPS) is 10.0. The molecular formula is C16H23N3OS. The Morgan fingerprint density at radius 1 is 1.33 bits per heavy atom. The summed E-state index contributed by atoms with van der Waals surface area (Å²) >= 11 is 1.66. The number of nitrogens with zero attached hydrogens (tertiary/aromatic N) is 3. The third-order valence-corrected chi connectivity index (χ3v) is 4.01. The van der Waals surface area contributed by atoms with Gasteiger partial charge in [0.15, 0.2) is 0 Å². The molecule has 0 aliphatic heterocycles. The third-order valence-electron chi connectivity index (χ3n) is 3.08.